The van der Waals surface area contributed by atoms with Crippen molar-refractivity contribution in [2.45, 2.75) is 96.5 Å². The Balaban J connectivity index is 1.19. The second kappa shape index (κ2) is 12.1. The number of nitrogens with zero attached hydrogens (tertiary/aromatic N) is 3. The normalized spacial score (nSPS) is 19.2. The van der Waals surface area contributed by atoms with E-state index in [0.29, 0.717) is 18.9 Å². The molecule has 1 amide bonds. The number of H-pyrrole nitrogens is 1. The Kier molecular flexibility index (Phi) is 8.25. The Bertz CT molecular complexity index is 1560. The first-order valence-electron chi connectivity index (χ1n) is 15.5. The number of aliphatic imine (C=N–C) groups is 1. The van der Waals surface area contributed by atoms with Gasteiger partial charge in [-0.3, -0.25) is 9.89 Å². The van der Waals surface area contributed by atoms with Crippen LogP contribution in [0, 0.1) is 0 Å². The Hall–Kier alpha value is -3.75. The highest BCUT2D eigenvalue weighted by atomic mass is 16.6. The number of benzene rings is 2. The molecule has 0 radical (unpaired) electrons. The number of aromatic amines is 1. The first-order valence-corrected chi connectivity index (χ1v) is 15.5. The molecule has 3 aromatic rings. The van der Waals surface area contributed by atoms with Crippen molar-refractivity contribution in [3.63, 3.8) is 0 Å². The number of carbonyl (C=O) groups is 1. The number of aliphatic hydroxyl groups is 2. The molecule has 1 aliphatic carbocycles. The molecule has 226 valence electrons. The minimum Gasteiger partial charge on any atom is -0.444 e. The van der Waals surface area contributed by atoms with Crippen LogP contribution in [0.1, 0.15) is 94.1 Å². The summed E-state index contributed by atoms with van der Waals surface area (Å²) in [5, 5.41) is 20.7. The van der Waals surface area contributed by atoms with Crippen LogP contribution in [0.15, 0.2) is 53.8 Å². The van der Waals surface area contributed by atoms with Crippen LogP contribution in [0.3, 0.4) is 0 Å². The average molecular weight is 583 g/mol. The second-order valence-electron chi connectivity index (χ2n) is 13.0. The smallest absolute Gasteiger partial charge is 0.410 e. The molecule has 0 spiro atoms. The van der Waals surface area contributed by atoms with Gasteiger partial charge in [0.25, 0.3) is 0 Å². The summed E-state index contributed by atoms with van der Waals surface area (Å²) in [5.74, 6) is 1.56. The number of nitrogens with one attached hydrogen (secondary N) is 1. The summed E-state index contributed by atoms with van der Waals surface area (Å²) in [6, 6.07) is 12.1. The Morgan fingerprint density at radius 1 is 0.977 bits per heavy atom. The number of aliphatic hydroxyl groups excluding tert-OH is 2. The standard InChI is InChI=1S/C35H42N4O4/c1-35(2,3)43-34(42)39-14-6-9-32(39)30-17-25(18-36-30)23-10-12-28(26(15-23)20-40)29-13-11-24(16-27(29)21-41)31-19-37-33(38-31)22-7-4-5-8-22/h10-13,15-16,18-19,22,32,40-41H,4-9,14,17,20-21H2,1-3H3,(H,37,38)/t32-/m0/s1. The van der Waals surface area contributed by atoms with E-state index in [2.05, 4.69) is 16.0 Å². The van der Waals surface area contributed by atoms with Crippen LogP contribution in [-0.4, -0.2) is 55.1 Å². The van der Waals surface area contributed by atoms with E-state index in [-0.39, 0.29) is 25.3 Å². The number of imidazole rings is 1. The Morgan fingerprint density at radius 2 is 1.65 bits per heavy atom. The lowest BCUT2D eigenvalue weighted by molar-refractivity contribution is 0.0265. The predicted molar refractivity (Wildman–Crippen MR) is 169 cm³/mol. The third-order valence-electron chi connectivity index (χ3n) is 8.88. The van der Waals surface area contributed by atoms with Crippen LogP contribution in [0.5, 0.6) is 0 Å². The van der Waals surface area contributed by atoms with E-state index in [1.807, 2.05) is 68.4 Å². The fourth-order valence-electron chi connectivity index (χ4n) is 6.71. The third kappa shape index (κ3) is 6.17. The van der Waals surface area contributed by atoms with Gasteiger partial charge in [0.2, 0.25) is 0 Å². The van der Waals surface area contributed by atoms with E-state index in [1.54, 1.807) is 0 Å². The van der Waals surface area contributed by atoms with Crippen LogP contribution < -0.4 is 0 Å². The van der Waals surface area contributed by atoms with E-state index in [0.717, 1.165) is 69.0 Å². The molecule has 2 aromatic carbocycles. The largest absolute Gasteiger partial charge is 0.444 e. The first kappa shape index (κ1) is 29.3. The zero-order valence-electron chi connectivity index (χ0n) is 25.4. The lowest BCUT2D eigenvalue weighted by Gasteiger charge is -2.28. The Labute approximate surface area is 253 Å². The maximum absolute atomic E-state index is 12.8. The SMILES string of the molecule is CC(C)(C)OC(=O)N1CCC[C@H]1C1=NC=C(c2ccc(-c3ccc(-c4cnc(C5CCCC5)[nH]4)cc3CO)c(CO)c2)C1. The van der Waals surface area contributed by atoms with Crippen LogP contribution in [0.2, 0.25) is 0 Å². The topological polar surface area (TPSA) is 111 Å². The lowest BCUT2D eigenvalue weighted by atomic mass is 9.90. The van der Waals surface area contributed by atoms with Gasteiger partial charge in [0.05, 0.1) is 31.1 Å². The fourth-order valence-corrected chi connectivity index (χ4v) is 6.71. The number of rotatable bonds is 7. The van der Waals surface area contributed by atoms with Crippen molar-refractivity contribution in [1.82, 2.24) is 14.9 Å². The van der Waals surface area contributed by atoms with Gasteiger partial charge < -0.3 is 19.9 Å². The van der Waals surface area contributed by atoms with Crippen molar-refractivity contribution in [2.75, 3.05) is 6.54 Å². The molecule has 8 nitrogen and oxygen atoms in total. The third-order valence-corrected chi connectivity index (χ3v) is 8.88. The zero-order valence-corrected chi connectivity index (χ0v) is 25.4. The molecule has 8 heteroatoms. The predicted octanol–water partition coefficient (Wildman–Crippen LogP) is 6.97. The average Bonchev–Trinajstić information content (AvgIpc) is 3.81. The molecule has 3 N–H and O–H groups in total. The fraction of sp³-hybridized carbons (Fsp3) is 0.457. The highest BCUT2D eigenvalue weighted by Gasteiger charge is 2.36. The van der Waals surface area contributed by atoms with E-state index in [9.17, 15) is 15.0 Å². The summed E-state index contributed by atoms with van der Waals surface area (Å²) < 4.78 is 5.65. The molecule has 2 aliphatic heterocycles. The monoisotopic (exact) mass is 582 g/mol. The van der Waals surface area contributed by atoms with Gasteiger partial charge in [-0.15, -0.1) is 0 Å². The Morgan fingerprint density at radius 3 is 2.33 bits per heavy atom. The number of carbonyl (C=O) groups excluding carboxylic acids is 1. The molecule has 2 fully saturated rings. The molecule has 3 heterocycles. The molecule has 0 bridgehead atoms. The number of amides is 1. The van der Waals surface area contributed by atoms with Gasteiger partial charge in [0.1, 0.15) is 11.4 Å². The number of hydrogen-bond donors (Lipinski definition) is 3. The highest BCUT2D eigenvalue weighted by Crippen LogP contribution is 2.37. The summed E-state index contributed by atoms with van der Waals surface area (Å²) in [6.07, 6.45) is 10.8. The number of aromatic nitrogens is 2. The molecule has 1 atom stereocenters. The van der Waals surface area contributed by atoms with Crippen molar-refractivity contribution < 1.29 is 19.7 Å². The molecular formula is C35H42N4O4. The van der Waals surface area contributed by atoms with Crippen LogP contribution >= 0.6 is 0 Å². The van der Waals surface area contributed by atoms with Gasteiger partial charge in [0, 0.05) is 30.8 Å². The molecular weight excluding hydrogens is 540 g/mol. The number of hydrogen-bond acceptors (Lipinski definition) is 6. The van der Waals surface area contributed by atoms with Crippen LogP contribution in [0.25, 0.3) is 28.0 Å². The molecule has 1 aromatic heterocycles. The van der Waals surface area contributed by atoms with Crippen molar-refractivity contribution in [2.24, 2.45) is 4.99 Å². The molecule has 0 unspecified atom stereocenters. The van der Waals surface area contributed by atoms with Crippen molar-refractivity contribution in [3.05, 3.63) is 71.3 Å². The summed E-state index contributed by atoms with van der Waals surface area (Å²) in [4.78, 5) is 27.5. The summed E-state index contributed by atoms with van der Waals surface area (Å²) in [7, 11) is 0. The number of allylic oxidation sites excluding steroid dienone is 1. The van der Waals surface area contributed by atoms with Gasteiger partial charge in [-0.1, -0.05) is 37.1 Å². The van der Waals surface area contributed by atoms with Crippen molar-refractivity contribution in [1.29, 1.82) is 0 Å². The van der Waals surface area contributed by atoms with Crippen LogP contribution in [-0.2, 0) is 18.0 Å². The zero-order chi connectivity index (χ0) is 30.1. The molecule has 43 heavy (non-hydrogen) atoms. The maximum Gasteiger partial charge on any atom is 0.410 e. The van der Waals surface area contributed by atoms with Gasteiger partial charge >= 0.3 is 6.09 Å². The lowest BCUT2D eigenvalue weighted by Crippen LogP contribution is -2.43. The molecule has 1 saturated heterocycles. The molecule has 6 rings (SSSR count). The van der Waals surface area contributed by atoms with Gasteiger partial charge in [-0.25, -0.2) is 9.78 Å². The molecule has 1 saturated carbocycles. The van der Waals surface area contributed by atoms with Crippen LogP contribution in [0.4, 0.5) is 4.79 Å². The van der Waals surface area contributed by atoms with Crippen molar-refractivity contribution >= 4 is 17.4 Å². The van der Waals surface area contributed by atoms with E-state index < -0.39 is 5.60 Å². The summed E-state index contributed by atoms with van der Waals surface area (Å²) in [5.41, 5.74) is 7.80. The maximum atomic E-state index is 12.8. The first-order chi connectivity index (χ1) is 20.7. The quantitative estimate of drug-likeness (QED) is 0.279. The van der Waals surface area contributed by atoms with Crippen molar-refractivity contribution in [3.8, 4) is 22.4 Å². The highest BCUT2D eigenvalue weighted by molar-refractivity contribution is 6.03. The number of ether oxygens (including phenoxy) is 1. The van der Waals surface area contributed by atoms with E-state index >= 15 is 0 Å². The molecule has 3 aliphatic rings. The van der Waals surface area contributed by atoms with Gasteiger partial charge in [0.15, 0.2) is 0 Å². The summed E-state index contributed by atoms with van der Waals surface area (Å²) >= 11 is 0. The van der Waals surface area contributed by atoms with Gasteiger partial charge in [-0.2, -0.15) is 0 Å². The van der Waals surface area contributed by atoms with E-state index in [1.165, 1.54) is 25.7 Å². The minimum atomic E-state index is -0.540. The summed E-state index contributed by atoms with van der Waals surface area (Å²) in [6.45, 7) is 6.08. The van der Waals surface area contributed by atoms with E-state index in [4.69, 9.17) is 9.73 Å². The van der Waals surface area contributed by atoms with Gasteiger partial charge in [-0.05, 0) is 97.5 Å². The number of likely N-dealkylation sites (tertiary alicyclic amines) is 1. The minimum absolute atomic E-state index is 0.0603. The second-order valence-corrected chi connectivity index (χ2v) is 13.0.